The SMILES string of the molecule is COc1ccc(C2CCN(C(=O)c3ccc4noc(-c5ccccc5)c4c3)C2)cc1. The zero-order valence-electron chi connectivity index (χ0n) is 16.7. The van der Waals surface area contributed by atoms with Gasteiger partial charge in [-0.25, -0.2) is 0 Å². The van der Waals surface area contributed by atoms with E-state index in [2.05, 4.69) is 17.3 Å². The second-order valence-corrected chi connectivity index (χ2v) is 7.62. The van der Waals surface area contributed by atoms with Gasteiger partial charge in [-0.3, -0.25) is 4.79 Å². The maximum absolute atomic E-state index is 13.2. The van der Waals surface area contributed by atoms with E-state index in [0.29, 0.717) is 17.2 Å². The molecule has 1 amide bonds. The normalized spacial score (nSPS) is 16.2. The van der Waals surface area contributed by atoms with E-state index < -0.39 is 0 Å². The summed E-state index contributed by atoms with van der Waals surface area (Å²) in [5.74, 6) is 1.94. The van der Waals surface area contributed by atoms with E-state index in [1.807, 2.05) is 65.6 Å². The van der Waals surface area contributed by atoms with Crippen LogP contribution in [0.5, 0.6) is 5.75 Å². The van der Waals surface area contributed by atoms with Crippen molar-refractivity contribution in [1.82, 2.24) is 10.1 Å². The first-order valence-electron chi connectivity index (χ1n) is 10.1. The van der Waals surface area contributed by atoms with E-state index in [9.17, 15) is 4.79 Å². The van der Waals surface area contributed by atoms with Gasteiger partial charge < -0.3 is 14.2 Å². The molecule has 4 aromatic rings. The van der Waals surface area contributed by atoms with E-state index >= 15 is 0 Å². The lowest BCUT2D eigenvalue weighted by Crippen LogP contribution is -2.28. The molecule has 5 heteroatoms. The largest absolute Gasteiger partial charge is 0.497 e. The number of hydrogen-bond donors (Lipinski definition) is 0. The third-order valence-electron chi connectivity index (χ3n) is 5.82. The van der Waals surface area contributed by atoms with Gasteiger partial charge in [-0.1, -0.05) is 47.6 Å². The smallest absolute Gasteiger partial charge is 0.253 e. The van der Waals surface area contributed by atoms with Gasteiger partial charge in [0.1, 0.15) is 11.3 Å². The molecule has 1 aliphatic heterocycles. The average molecular weight is 398 g/mol. The Balaban J connectivity index is 1.38. The number of methoxy groups -OCH3 is 1. The summed E-state index contributed by atoms with van der Waals surface area (Å²) >= 11 is 0. The van der Waals surface area contributed by atoms with Gasteiger partial charge in [0, 0.05) is 30.1 Å². The topological polar surface area (TPSA) is 55.6 Å². The molecule has 1 aliphatic rings. The van der Waals surface area contributed by atoms with Crippen molar-refractivity contribution in [1.29, 1.82) is 0 Å². The number of ether oxygens (including phenoxy) is 1. The third kappa shape index (κ3) is 3.32. The first kappa shape index (κ1) is 18.4. The molecule has 0 radical (unpaired) electrons. The molecular weight excluding hydrogens is 376 g/mol. The van der Waals surface area contributed by atoms with Gasteiger partial charge in [-0.15, -0.1) is 0 Å². The lowest BCUT2D eigenvalue weighted by Gasteiger charge is -2.17. The summed E-state index contributed by atoms with van der Waals surface area (Å²) < 4.78 is 10.8. The Morgan fingerprint density at radius 1 is 1.07 bits per heavy atom. The summed E-state index contributed by atoms with van der Waals surface area (Å²) in [5, 5.41) is 5.01. The van der Waals surface area contributed by atoms with Crippen LogP contribution < -0.4 is 4.74 Å². The molecule has 1 aromatic heterocycles. The van der Waals surface area contributed by atoms with Gasteiger partial charge in [0.05, 0.1) is 12.5 Å². The Kier molecular flexibility index (Phi) is 4.71. The van der Waals surface area contributed by atoms with Crippen LogP contribution in [0.25, 0.3) is 22.2 Å². The molecule has 0 bridgehead atoms. The number of carbonyl (C=O) groups excluding carboxylic acids is 1. The van der Waals surface area contributed by atoms with Crippen LogP contribution in [0.15, 0.2) is 77.3 Å². The fraction of sp³-hybridized carbons (Fsp3) is 0.200. The van der Waals surface area contributed by atoms with E-state index in [0.717, 1.165) is 41.7 Å². The Bertz CT molecular complexity index is 1180. The molecule has 0 saturated carbocycles. The highest BCUT2D eigenvalue weighted by molar-refractivity contribution is 6.01. The van der Waals surface area contributed by atoms with Crippen LogP contribution in [0.2, 0.25) is 0 Å². The molecule has 1 fully saturated rings. The van der Waals surface area contributed by atoms with E-state index in [1.165, 1.54) is 5.56 Å². The summed E-state index contributed by atoms with van der Waals surface area (Å²) in [5.41, 5.74) is 3.61. The van der Waals surface area contributed by atoms with Crippen molar-refractivity contribution in [2.75, 3.05) is 20.2 Å². The minimum absolute atomic E-state index is 0.0492. The molecule has 150 valence electrons. The fourth-order valence-electron chi connectivity index (χ4n) is 4.15. The summed E-state index contributed by atoms with van der Waals surface area (Å²) in [7, 11) is 1.67. The minimum atomic E-state index is 0.0492. The number of amides is 1. The average Bonchev–Trinajstić information content (AvgIpc) is 3.46. The molecule has 0 aliphatic carbocycles. The molecule has 0 N–H and O–H groups in total. The van der Waals surface area contributed by atoms with Crippen LogP contribution in [-0.4, -0.2) is 36.2 Å². The fourth-order valence-corrected chi connectivity index (χ4v) is 4.15. The van der Waals surface area contributed by atoms with Gasteiger partial charge in [0.25, 0.3) is 5.91 Å². The molecular formula is C25H22N2O3. The molecule has 1 atom stereocenters. The van der Waals surface area contributed by atoms with Crippen molar-refractivity contribution in [3.63, 3.8) is 0 Å². The Morgan fingerprint density at radius 3 is 2.63 bits per heavy atom. The summed E-state index contributed by atoms with van der Waals surface area (Å²) in [6.45, 7) is 1.47. The van der Waals surface area contributed by atoms with Crippen molar-refractivity contribution in [3.05, 3.63) is 83.9 Å². The number of likely N-dealkylation sites (tertiary alicyclic amines) is 1. The second kappa shape index (κ2) is 7.67. The number of aromatic nitrogens is 1. The van der Waals surface area contributed by atoms with Crippen LogP contribution in [0, 0.1) is 0 Å². The lowest BCUT2D eigenvalue weighted by atomic mass is 9.98. The summed E-state index contributed by atoms with van der Waals surface area (Å²) in [6.07, 6.45) is 0.961. The highest BCUT2D eigenvalue weighted by Gasteiger charge is 2.28. The quantitative estimate of drug-likeness (QED) is 0.478. The molecule has 5 rings (SSSR count). The van der Waals surface area contributed by atoms with Crippen LogP contribution in [0.1, 0.15) is 28.3 Å². The van der Waals surface area contributed by atoms with Crippen molar-refractivity contribution >= 4 is 16.8 Å². The maximum atomic E-state index is 13.2. The van der Waals surface area contributed by atoms with Crippen molar-refractivity contribution in [2.24, 2.45) is 0 Å². The number of fused-ring (bicyclic) bond motifs is 1. The van der Waals surface area contributed by atoms with Crippen molar-refractivity contribution < 1.29 is 14.1 Å². The number of nitrogens with zero attached hydrogens (tertiary/aromatic N) is 2. The predicted molar refractivity (Wildman–Crippen MR) is 116 cm³/mol. The summed E-state index contributed by atoms with van der Waals surface area (Å²) in [6, 6.07) is 23.6. The second-order valence-electron chi connectivity index (χ2n) is 7.62. The first-order valence-corrected chi connectivity index (χ1v) is 10.1. The number of hydrogen-bond acceptors (Lipinski definition) is 4. The molecule has 2 heterocycles. The molecule has 3 aromatic carbocycles. The van der Waals surface area contributed by atoms with Gasteiger partial charge in [-0.05, 0) is 42.3 Å². The monoisotopic (exact) mass is 398 g/mol. The number of carbonyl (C=O) groups is 1. The zero-order chi connectivity index (χ0) is 20.5. The minimum Gasteiger partial charge on any atom is -0.497 e. The van der Waals surface area contributed by atoms with Crippen LogP contribution in [0.4, 0.5) is 0 Å². The maximum Gasteiger partial charge on any atom is 0.253 e. The van der Waals surface area contributed by atoms with Crippen LogP contribution in [0.3, 0.4) is 0 Å². The van der Waals surface area contributed by atoms with Gasteiger partial charge >= 0.3 is 0 Å². The summed E-state index contributed by atoms with van der Waals surface area (Å²) in [4.78, 5) is 15.1. The van der Waals surface area contributed by atoms with Crippen LogP contribution >= 0.6 is 0 Å². The van der Waals surface area contributed by atoms with Crippen LogP contribution in [-0.2, 0) is 0 Å². The van der Waals surface area contributed by atoms with E-state index in [1.54, 1.807) is 7.11 Å². The Hall–Kier alpha value is -3.60. The van der Waals surface area contributed by atoms with E-state index in [4.69, 9.17) is 9.26 Å². The Morgan fingerprint density at radius 2 is 1.87 bits per heavy atom. The van der Waals surface area contributed by atoms with Gasteiger partial charge in [0.15, 0.2) is 5.76 Å². The zero-order valence-corrected chi connectivity index (χ0v) is 16.7. The van der Waals surface area contributed by atoms with Crippen molar-refractivity contribution in [2.45, 2.75) is 12.3 Å². The Labute approximate surface area is 174 Å². The molecule has 1 saturated heterocycles. The first-order chi connectivity index (χ1) is 14.7. The molecule has 1 unspecified atom stereocenters. The predicted octanol–water partition coefficient (Wildman–Crippen LogP) is 5.13. The van der Waals surface area contributed by atoms with Crippen molar-refractivity contribution in [3.8, 4) is 17.1 Å². The molecule has 5 nitrogen and oxygen atoms in total. The molecule has 30 heavy (non-hydrogen) atoms. The lowest BCUT2D eigenvalue weighted by molar-refractivity contribution is 0.0791. The standard InChI is InChI=1S/C25H22N2O3/c1-29-21-10-7-17(8-11-21)20-13-14-27(16-20)25(28)19-9-12-23-22(15-19)24(30-26-23)18-5-3-2-4-6-18/h2-12,15,20H,13-14,16H2,1H3. The van der Waals surface area contributed by atoms with Gasteiger partial charge in [0.2, 0.25) is 0 Å². The van der Waals surface area contributed by atoms with E-state index in [-0.39, 0.29) is 5.91 Å². The highest BCUT2D eigenvalue weighted by Crippen LogP contribution is 2.32. The highest BCUT2D eigenvalue weighted by atomic mass is 16.5. The third-order valence-corrected chi connectivity index (χ3v) is 5.82. The number of rotatable bonds is 4. The number of benzene rings is 3. The van der Waals surface area contributed by atoms with Gasteiger partial charge in [-0.2, -0.15) is 0 Å². The molecule has 0 spiro atoms.